The lowest BCUT2D eigenvalue weighted by molar-refractivity contribution is 0.205. The summed E-state index contributed by atoms with van der Waals surface area (Å²) in [6.07, 6.45) is 2.42. The SMILES string of the molecule is [C-]#[N+]c1cc(NC(=O)N2CCc3nn4c(c3C2)OCC=C(CO)C4)ccc1F. The molecule has 0 bridgehead atoms. The van der Waals surface area contributed by atoms with Gasteiger partial charge in [-0.3, -0.25) is 0 Å². The first kappa shape index (κ1) is 18.0. The van der Waals surface area contributed by atoms with Crippen molar-refractivity contribution in [3.8, 4) is 5.88 Å². The number of carbonyl (C=O) groups excluding carboxylic acids is 1. The van der Waals surface area contributed by atoms with E-state index in [1.165, 1.54) is 12.1 Å². The monoisotopic (exact) mass is 383 g/mol. The zero-order valence-electron chi connectivity index (χ0n) is 15.0. The number of nitrogens with one attached hydrogen (secondary N) is 1. The quantitative estimate of drug-likeness (QED) is 0.616. The fraction of sp³-hybridized carbons (Fsp3) is 0.316. The molecule has 0 spiro atoms. The molecule has 2 aliphatic heterocycles. The number of ether oxygens (including phenoxy) is 1. The van der Waals surface area contributed by atoms with E-state index in [1.807, 2.05) is 6.08 Å². The Hall–Kier alpha value is -3.38. The van der Waals surface area contributed by atoms with Gasteiger partial charge >= 0.3 is 6.03 Å². The molecule has 2 aromatic rings. The van der Waals surface area contributed by atoms with Crippen molar-refractivity contribution in [1.82, 2.24) is 14.7 Å². The zero-order chi connectivity index (χ0) is 19.7. The average Bonchev–Trinajstić information content (AvgIpc) is 2.91. The summed E-state index contributed by atoms with van der Waals surface area (Å²) in [5, 5.41) is 16.7. The van der Waals surface area contributed by atoms with Crippen LogP contribution in [0.1, 0.15) is 11.3 Å². The van der Waals surface area contributed by atoms with Crippen molar-refractivity contribution < 1.29 is 19.0 Å². The van der Waals surface area contributed by atoms with Crippen molar-refractivity contribution >= 4 is 17.4 Å². The molecule has 2 amide bonds. The normalized spacial score (nSPS) is 15.5. The maximum atomic E-state index is 13.5. The first-order chi connectivity index (χ1) is 13.6. The molecule has 1 aromatic heterocycles. The van der Waals surface area contributed by atoms with Gasteiger partial charge in [0.05, 0.1) is 37.5 Å². The second-order valence-electron chi connectivity index (χ2n) is 6.60. The molecule has 0 saturated carbocycles. The Morgan fingerprint density at radius 2 is 2.29 bits per heavy atom. The zero-order valence-corrected chi connectivity index (χ0v) is 15.0. The number of fused-ring (bicyclic) bond motifs is 3. The van der Waals surface area contributed by atoms with E-state index < -0.39 is 5.82 Å². The van der Waals surface area contributed by atoms with Gasteiger partial charge in [0, 0.05) is 18.7 Å². The van der Waals surface area contributed by atoms with E-state index in [1.54, 1.807) is 9.58 Å². The van der Waals surface area contributed by atoms with Gasteiger partial charge < -0.3 is 20.1 Å². The molecule has 0 fully saturated rings. The highest BCUT2D eigenvalue weighted by molar-refractivity contribution is 5.90. The van der Waals surface area contributed by atoms with Crippen molar-refractivity contribution in [1.29, 1.82) is 0 Å². The summed E-state index contributed by atoms with van der Waals surface area (Å²) in [4.78, 5) is 17.4. The van der Waals surface area contributed by atoms with E-state index >= 15 is 0 Å². The summed E-state index contributed by atoms with van der Waals surface area (Å²) >= 11 is 0. The molecule has 0 saturated heterocycles. The third-order valence-electron chi connectivity index (χ3n) is 4.80. The molecule has 1 aromatic carbocycles. The number of aliphatic hydroxyl groups excluding tert-OH is 1. The van der Waals surface area contributed by atoms with Crippen LogP contribution in [0.4, 0.5) is 20.6 Å². The highest BCUT2D eigenvalue weighted by Crippen LogP contribution is 2.31. The number of benzene rings is 1. The van der Waals surface area contributed by atoms with Crippen molar-refractivity contribution in [3.05, 3.63) is 58.3 Å². The molecule has 2 N–H and O–H groups in total. The van der Waals surface area contributed by atoms with Crippen LogP contribution in [0.5, 0.6) is 5.88 Å². The highest BCUT2D eigenvalue weighted by atomic mass is 19.1. The van der Waals surface area contributed by atoms with Gasteiger partial charge in [0.2, 0.25) is 11.6 Å². The summed E-state index contributed by atoms with van der Waals surface area (Å²) in [7, 11) is 0. The molecule has 0 atom stereocenters. The Kier molecular flexibility index (Phi) is 4.71. The standard InChI is InChI=1S/C19H18FN5O3/c1-21-17-8-13(2-3-15(17)20)22-19(27)24-6-4-16-14(10-24)18-25(23-16)9-12(11-26)5-7-28-18/h2-3,5,8,26H,4,6-7,9-11H2,(H,22,27). The maximum Gasteiger partial charge on any atom is 0.322 e. The lowest BCUT2D eigenvalue weighted by Gasteiger charge is -2.27. The fourth-order valence-electron chi connectivity index (χ4n) is 3.33. The molecule has 0 aliphatic carbocycles. The molecule has 0 unspecified atom stereocenters. The number of aromatic nitrogens is 2. The second-order valence-corrected chi connectivity index (χ2v) is 6.60. The van der Waals surface area contributed by atoms with E-state index in [2.05, 4.69) is 15.3 Å². The van der Waals surface area contributed by atoms with E-state index in [9.17, 15) is 14.3 Å². The number of hydrogen-bond donors (Lipinski definition) is 2. The molecule has 2 aliphatic rings. The van der Waals surface area contributed by atoms with E-state index in [-0.39, 0.29) is 18.3 Å². The van der Waals surface area contributed by atoms with Gasteiger partial charge in [-0.25, -0.2) is 18.7 Å². The smallest absolute Gasteiger partial charge is 0.322 e. The van der Waals surface area contributed by atoms with E-state index in [0.717, 1.165) is 22.9 Å². The Morgan fingerprint density at radius 3 is 3.07 bits per heavy atom. The summed E-state index contributed by atoms with van der Waals surface area (Å²) in [5.41, 5.74) is 2.80. The number of halogens is 1. The minimum absolute atomic E-state index is 0.0495. The minimum Gasteiger partial charge on any atom is -0.473 e. The fourth-order valence-corrected chi connectivity index (χ4v) is 3.33. The van der Waals surface area contributed by atoms with Crippen LogP contribution in [0.2, 0.25) is 0 Å². The minimum atomic E-state index is -0.619. The summed E-state index contributed by atoms with van der Waals surface area (Å²) in [6, 6.07) is 3.56. The maximum absolute atomic E-state index is 13.5. The molecular formula is C19H18FN5O3. The predicted octanol–water partition coefficient (Wildman–Crippen LogP) is 2.47. The van der Waals surface area contributed by atoms with Crippen LogP contribution in [-0.2, 0) is 19.5 Å². The molecule has 3 heterocycles. The van der Waals surface area contributed by atoms with Gasteiger partial charge in [-0.1, -0.05) is 0 Å². The number of urea groups is 1. The highest BCUT2D eigenvalue weighted by Gasteiger charge is 2.29. The van der Waals surface area contributed by atoms with Crippen LogP contribution >= 0.6 is 0 Å². The van der Waals surface area contributed by atoms with Crippen LogP contribution < -0.4 is 10.1 Å². The van der Waals surface area contributed by atoms with E-state index in [0.29, 0.717) is 44.2 Å². The van der Waals surface area contributed by atoms with Gasteiger partial charge in [-0.2, -0.15) is 5.10 Å². The summed E-state index contributed by atoms with van der Waals surface area (Å²) in [5.74, 6) is -0.00419. The van der Waals surface area contributed by atoms with Gasteiger partial charge in [0.15, 0.2) is 0 Å². The molecular weight excluding hydrogens is 365 g/mol. The number of aliphatic hydroxyl groups is 1. The first-order valence-electron chi connectivity index (χ1n) is 8.82. The largest absolute Gasteiger partial charge is 0.473 e. The van der Waals surface area contributed by atoms with Gasteiger partial charge in [-0.05, 0) is 29.8 Å². The Labute approximate surface area is 160 Å². The number of amides is 2. The van der Waals surface area contributed by atoms with Crippen LogP contribution in [0.3, 0.4) is 0 Å². The molecule has 9 heteroatoms. The predicted molar refractivity (Wildman–Crippen MR) is 98.7 cm³/mol. The first-order valence-corrected chi connectivity index (χ1v) is 8.82. The van der Waals surface area contributed by atoms with Crippen LogP contribution in [0, 0.1) is 12.4 Å². The Morgan fingerprint density at radius 1 is 1.43 bits per heavy atom. The second kappa shape index (κ2) is 7.32. The average molecular weight is 383 g/mol. The lowest BCUT2D eigenvalue weighted by atomic mass is 10.1. The number of rotatable bonds is 2. The molecule has 8 nitrogen and oxygen atoms in total. The topological polar surface area (TPSA) is 84.0 Å². The molecule has 4 rings (SSSR count). The van der Waals surface area contributed by atoms with Gasteiger partial charge in [0.1, 0.15) is 12.4 Å². The number of nitrogens with zero attached hydrogens (tertiary/aromatic N) is 4. The Bertz CT molecular complexity index is 1010. The molecule has 144 valence electrons. The van der Waals surface area contributed by atoms with Gasteiger partial charge in [0.25, 0.3) is 0 Å². The summed E-state index contributed by atoms with van der Waals surface area (Å²) < 4.78 is 21.0. The lowest BCUT2D eigenvalue weighted by Crippen LogP contribution is -2.38. The third kappa shape index (κ3) is 3.30. The van der Waals surface area contributed by atoms with Crippen LogP contribution in [0.15, 0.2) is 29.8 Å². The van der Waals surface area contributed by atoms with Crippen molar-refractivity contribution in [2.24, 2.45) is 0 Å². The van der Waals surface area contributed by atoms with Crippen molar-refractivity contribution in [2.45, 2.75) is 19.5 Å². The Balaban J connectivity index is 1.51. The van der Waals surface area contributed by atoms with Crippen molar-refractivity contribution in [2.75, 3.05) is 25.1 Å². The number of anilines is 1. The summed E-state index contributed by atoms with van der Waals surface area (Å²) in [6.45, 7) is 8.54. The van der Waals surface area contributed by atoms with Crippen LogP contribution in [0.25, 0.3) is 4.85 Å². The van der Waals surface area contributed by atoms with E-state index in [4.69, 9.17) is 11.3 Å². The third-order valence-corrected chi connectivity index (χ3v) is 4.80. The number of carbonyl (C=O) groups is 1. The van der Waals surface area contributed by atoms with Gasteiger partial charge in [-0.15, -0.1) is 0 Å². The molecule has 0 radical (unpaired) electrons. The van der Waals surface area contributed by atoms with Crippen molar-refractivity contribution in [3.63, 3.8) is 0 Å². The van der Waals surface area contributed by atoms with Crippen LogP contribution in [-0.4, -0.2) is 45.6 Å². The number of hydrogen-bond acceptors (Lipinski definition) is 4. The molecule has 28 heavy (non-hydrogen) atoms.